The van der Waals surface area contributed by atoms with E-state index in [9.17, 15) is 17.9 Å². The molecular weight excluding hydrogens is 319 g/mol. The highest BCUT2D eigenvalue weighted by molar-refractivity contribution is 7.78. The highest BCUT2D eigenvalue weighted by atomic mass is 32.2. The Hall–Kier alpha value is -2.31. The van der Waals surface area contributed by atoms with Gasteiger partial charge >= 0.3 is 5.97 Å². The number of hydrogen-bond acceptors (Lipinski definition) is 4. The summed E-state index contributed by atoms with van der Waals surface area (Å²) in [7, 11) is 0. The molecule has 1 unspecified atom stereocenters. The molecule has 4 nitrogen and oxygen atoms in total. The van der Waals surface area contributed by atoms with Gasteiger partial charge in [-0.15, -0.1) is 0 Å². The van der Waals surface area contributed by atoms with E-state index in [0.29, 0.717) is 22.3 Å². The molecule has 0 aliphatic carbocycles. The van der Waals surface area contributed by atoms with E-state index >= 15 is 0 Å². The highest BCUT2D eigenvalue weighted by Gasteiger charge is 2.27. The van der Waals surface area contributed by atoms with Crippen LogP contribution in [0.3, 0.4) is 0 Å². The number of carbonyl (C=O) groups is 1. The van der Waals surface area contributed by atoms with Gasteiger partial charge in [-0.05, 0) is 28.8 Å². The molecule has 23 heavy (non-hydrogen) atoms. The van der Waals surface area contributed by atoms with Crippen LogP contribution in [-0.2, 0) is 26.4 Å². The number of rotatable bonds is 4. The lowest BCUT2D eigenvalue weighted by atomic mass is 9.96. The third-order valence-corrected chi connectivity index (χ3v) is 4.12. The zero-order valence-corrected chi connectivity index (χ0v) is 12.8. The lowest BCUT2D eigenvalue weighted by Gasteiger charge is -2.08. The Morgan fingerprint density at radius 2 is 1.87 bits per heavy atom. The predicted octanol–water partition coefficient (Wildman–Crippen LogP) is 2.67. The normalized spacial score (nSPS) is 15.7. The van der Waals surface area contributed by atoms with Crippen LogP contribution in [0.4, 0.5) is 4.39 Å². The van der Waals surface area contributed by atoms with Crippen LogP contribution in [0.25, 0.3) is 11.1 Å². The fraction of sp³-hybridized carbons (Fsp3) is 0.118. The smallest absolute Gasteiger partial charge is 0.339 e. The Kier molecular flexibility index (Phi) is 4.36. The minimum absolute atomic E-state index is 0.0640. The number of benzene rings is 2. The van der Waals surface area contributed by atoms with Crippen molar-refractivity contribution in [3.8, 4) is 0 Å². The van der Waals surface area contributed by atoms with E-state index in [-0.39, 0.29) is 12.4 Å². The van der Waals surface area contributed by atoms with E-state index in [1.54, 1.807) is 30.3 Å². The van der Waals surface area contributed by atoms with Gasteiger partial charge in [-0.2, -0.15) is 0 Å². The van der Waals surface area contributed by atoms with Gasteiger partial charge in [0.25, 0.3) is 0 Å². The molecule has 118 valence electrons. The predicted molar refractivity (Wildman–Crippen MR) is 83.2 cm³/mol. The van der Waals surface area contributed by atoms with Gasteiger partial charge in [0.2, 0.25) is 0 Å². The topological polar surface area (TPSA) is 66.4 Å². The van der Waals surface area contributed by atoms with Gasteiger partial charge in [0.15, 0.2) is 0 Å². The average Bonchev–Trinajstić information content (AvgIpc) is 2.89. The summed E-state index contributed by atoms with van der Waals surface area (Å²) in [4.78, 5) is 12.0. The number of carbonyl (C=O) groups excluding carboxylic acids is 1. The van der Waals surface area contributed by atoms with Crippen molar-refractivity contribution in [2.75, 3.05) is 6.61 Å². The van der Waals surface area contributed by atoms with Crippen LogP contribution in [0.15, 0.2) is 48.5 Å². The SMILES string of the molecule is O=C1OCC(c2ccc(CS(=O)[O-])cc2)=C1c1cccc(F)c1. The molecule has 0 fully saturated rings. The number of esters is 1. The monoisotopic (exact) mass is 331 g/mol. The molecule has 0 radical (unpaired) electrons. The van der Waals surface area contributed by atoms with Crippen LogP contribution in [-0.4, -0.2) is 21.3 Å². The Morgan fingerprint density at radius 1 is 1.13 bits per heavy atom. The number of ether oxygens (including phenoxy) is 1. The van der Waals surface area contributed by atoms with Gasteiger partial charge in [-0.1, -0.05) is 47.5 Å². The van der Waals surface area contributed by atoms with Gasteiger partial charge in [-0.3, -0.25) is 4.21 Å². The summed E-state index contributed by atoms with van der Waals surface area (Å²) >= 11 is -2.15. The molecule has 0 saturated carbocycles. The molecule has 0 N–H and O–H groups in total. The summed E-state index contributed by atoms with van der Waals surface area (Å²) in [6.45, 7) is 0.109. The fourth-order valence-corrected chi connectivity index (χ4v) is 2.97. The molecule has 6 heteroatoms. The molecule has 0 aromatic heterocycles. The van der Waals surface area contributed by atoms with Crippen molar-refractivity contribution in [3.05, 3.63) is 71.0 Å². The van der Waals surface area contributed by atoms with E-state index in [2.05, 4.69) is 0 Å². The quantitative estimate of drug-likeness (QED) is 0.638. The zero-order chi connectivity index (χ0) is 16.4. The second-order valence-corrected chi connectivity index (χ2v) is 5.98. The molecule has 3 rings (SSSR count). The van der Waals surface area contributed by atoms with Gasteiger partial charge in [-0.25, -0.2) is 9.18 Å². The molecule has 2 aromatic rings. The Labute approximate surface area is 134 Å². The Morgan fingerprint density at radius 3 is 2.52 bits per heavy atom. The summed E-state index contributed by atoms with van der Waals surface area (Å²) < 4.78 is 39.9. The summed E-state index contributed by atoms with van der Waals surface area (Å²) in [6, 6.07) is 12.6. The maximum Gasteiger partial charge on any atom is 0.339 e. The maximum absolute atomic E-state index is 13.4. The summed E-state index contributed by atoms with van der Waals surface area (Å²) in [5.74, 6) is -0.983. The first-order valence-electron chi connectivity index (χ1n) is 6.86. The van der Waals surface area contributed by atoms with Gasteiger partial charge in [0, 0.05) is 11.3 Å². The second-order valence-electron chi connectivity index (χ2n) is 5.09. The average molecular weight is 331 g/mol. The first-order chi connectivity index (χ1) is 11.0. The Balaban J connectivity index is 2.01. The minimum Gasteiger partial charge on any atom is -0.772 e. The van der Waals surface area contributed by atoms with Crippen molar-refractivity contribution < 1.29 is 22.7 Å². The van der Waals surface area contributed by atoms with Gasteiger partial charge < -0.3 is 9.29 Å². The van der Waals surface area contributed by atoms with E-state index in [0.717, 1.165) is 5.56 Å². The minimum atomic E-state index is -2.15. The molecule has 0 saturated heterocycles. The second kappa shape index (κ2) is 6.44. The third kappa shape index (κ3) is 3.38. The first-order valence-corrected chi connectivity index (χ1v) is 8.10. The molecule has 0 bridgehead atoms. The molecule has 1 atom stereocenters. The van der Waals surface area contributed by atoms with Crippen molar-refractivity contribution in [3.63, 3.8) is 0 Å². The lowest BCUT2D eigenvalue weighted by molar-refractivity contribution is -0.133. The first kappa shape index (κ1) is 15.6. The van der Waals surface area contributed by atoms with Crippen LogP contribution in [0, 0.1) is 5.82 Å². The standard InChI is InChI=1S/C17H13FO4S/c18-14-3-1-2-13(8-14)16-15(9-22-17(16)19)12-6-4-11(5-7-12)10-23(20)21/h1-8H,9-10H2,(H,20,21)/p-1. The van der Waals surface area contributed by atoms with Gasteiger partial charge in [0.05, 0.1) is 5.57 Å². The maximum atomic E-state index is 13.4. The number of cyclic esters (lactones) is 1. The summed E-state index contributed by atoms with van der Waals surface area (Å²) in [5, 5.41) is 0. The van der Waals surface area contributed by atoms with Crippen molar-refractivity contribution >= 4 is 28.2 Å². The summed E-state index contributed by atoms with van der Waals surface area (Å²) in [5.41, 5.74) is 2.86. The molecular formula is C17H12FO4S-. The van der Waals surface area contributed by atoms with Crippen LogP contribution in [0.5, 0.6) is 0 Å². The molecule has 0 amide bonds. The molecule has 2 aromatic carbocycles. The number of hydrogen-bond donors (Lipinski definition) is 0. The van der Waals surface area contributed by atoms with E-state index in [1.807, 2.05) is 0 Å². The molecule has 1 aliphatic rings. The third-order valence-electron chi connectivity index (χ3n) is 3.55. The van der Waals surface area contributed by atoms with Crippen molar-refractivity contribution in [2.24, 2.45) is 0 Å². The molecule has 1 aliphatic heterocycles. The zero-order valence-electron chi connectivity index (χ0n) is 12.0. The number of halogens is 1. The van der Waals surface area contributed by atoms with E-state index in [4.69, 9.17) is 4.74 Å². The van der Waals surface area contributed by atoms with Crippen LogP contribution in [0.2, 0.25) is 0 Å². The van der Waals surface area contributed by atoms with E-state index < -0.39 is 22.9 Å². The Bertz CT molecular complexity index is 812. The molecule has 0 spiro atoms. The van der Waals surface area contributed by atoms with Gasteiger partial charge in [0.1, 0.15) is 12.4 Å². The van der Waals surface area contributed by atoms with Crippen LogP contribution >= 0.6 is 0 Å². The van der Waals surface area contributed by atoms with Crippen molar-refractivity contribution in [1.82, 2.24) is 0 Å². The largest absolute Gasteiger partial charge is 0.772 e. The lowest BCUT2D eigenvalue weighted by Crippen LogP contribution is -1.98. The van der Waals surface area contributed by atoms with Crippen molar-refractivity contribution in [1.29, 1.82) is 0 Å². The van der Waals surface area contributed by atoms with E-state index in [1.165, 1.54) is 18.2 Å². The fourth-order valence-electron chi connectivity index (χ4n) is 2.51. The highest BCUT2D eigenvalue weighted by Crippen LogP contribution is 2.33. The van der Waals surface area contributed by atoms with Crippen molar-refractivity contribution in [2.45, 2.75) is 5.75 Å². The van der Waals surface area contributed by atoms with Crippen LogP contribution < -0.4 is 0 Å². The summed E-state index contributed by atoms with van der Waals surface area (Å²) in [6.07, 6.45) is 0. The molecule has 1 heterocycles. The van der Waals surface area contributed by atoms with Crippen LogP contribution in [0.1, 0.15) is 16.7 Å².